The summed E-state index contributed by atoms with van der Waals surface area (Å²) in [5, 5.41) is 12.0. The van der Waals surface area contributed by atoms with E-state index in [-0.39, 0.29) is 17.9 Å². The lowest BCUT2D eigenvalue weighted by Gasteiger charge is -2.27. The summed E-state index contributed by atoms with van der Waals surface area (Å²) in [5.74, 6) is -0.134. The van der Waals surface area contributed by atoms with E-state index >= 15 is 0 Å². The molecule has 0 heterocycles. The number of hydrogen-bond acceptors (Lipinski definition) is 2. The molecule has 2 fully saturated rings. The van der Waals surface area contributed by atoms with Gasteiger partial charge in [0.25, 0.3) is 0 Å². The van der Waals surface area contributed by atoms with E-state index in [0.29, 0.717) is 12.8 Å². The molecule has 2 aliphatic carbocycles. The second kappa shape index (κ2) is 6.92. The molecule has 2 saturated carbocycles. The van der Waals surface area contributed by atoms with Crippen LogP contribution < -0.4 is 5.32 Å². The Kier molecular flexibility index (Phi) is 5.23. The van der Waals surface area contributed by atoms with Crippen molar-refractivity contribution in [2.45, 2.75) is 70.3 Å². The summed E-state index contributed by atoms with van der Waals surface area (Å²) >= 11 is 0. The Balaban J connectivity index is 1.67. The van der Waals surface area contributed by atoms with Gasteiger partial charge in [-0.05, 0) is 31.6 Å². The molecule has 0 aliphatic heterocycles. The quantitative estimate of drug-likeness (QED) is 0.805. The molecule has 0 saturated heterocycles. The summed E-state index contributed by atoms with van der Waals surface area (Å²) in [6.07, 6.45) is 9.98. The van der Waals surface area contributed by atoms with Crippen LogP contribution >= 0.6 is 0 Å². The predicted molar refractivity (Wildman–Crippen MR) is 72.7 cm³/mol. The first-order valence-electron chi connectivity index (χ1n) is 7.67. The van der Waals surface area contributed by atoms with Gasteiger partial charge in [-0.25, -0.2) is 0 Å². The topological polar surface area (TPSA) is 66.4 Å². The fourth-order valence-electron chi connectivity index (χ4n) is 3.48. The third-order valence-corrected chi connectivity index (χ3v) is 4.64. The lowest BCUT2D eigenvalue weighted by atomic mass is 9.85. The van der Waals surface area contributed by atoms with Gasteiger partial charge in [-0.1, -0.05) is 32.1 Å². The van der Waals surface area contributed by atoms with Crippen LogP contribution in [0.5, 0.6) is 0 Å². The molecule has 2 unspecified atom stereocenters. The van der Waals surface area contributed by atoms with Crippen molar-refractivity contribution in [2.24, 2.45) is 11.8 Å². The first-order valence-corrected chi connectivity index (χ1v) is 7.67. The van der Waals surface area contributed by atoms with Gasteiger partial charge in [0.15, 0.2) is 0 Å². The molecule has 2 aliphatic rings. The van der Waals surface area contributed by atoms with E-state index in [9.17, 15) is 9.59 Å². The molecule has 0 aromatic carbocycles. The van der Waals surface area contributed by atoms with Crippen molar-refractivity contribution in [1.82, 2.24) is 5.32 Å². The van der Waals surface area contributed by atoms with Gasteiger partial charge in [-0.15, -0.1) is 0 Å². The summed E-state index contributed by atoms with van der Waals surface area (Å²) in [6, 6.07) is 0.0749. The van der Waals surface area contributed by atoms with E-state index in [4.69, 9.17) is 5.11 Å². The van der Waals surface area contributed by atoms with E-state index in [1.54, 1.807) is 0 Å². The highest BCUT2D eigenvalue weighted by molar-refractivity contribution is 5.76. The number of hydrogen-bond donors (Lipinski definition) is 2. The molecule has 19 heavy (non-hydrogen) atoms. The Bertz CT molecular complexity index is 323. The number of nitrogens with one attached hydrogen (secondary N) is 1. The number of rotatable bonds is 5. The lowest BCUT2D eigenvalue weighted by molar-refractivity contribution is -0.143. The van der Waals surface area contributed by atoms with Gasteiger partial charge in [-0.3, -0.25) is 9.59 Å². The van der Waals surface area contributed by atoms with Crippen LogP contribution in [0.2, 0.25) is 0 Å². The van der Waals surface area contributed by atoms with Gasteiger partial charge in [0.05, 0.1) is 5.92 Å². The van der Waals surface area contributed by atoms with Crippen molar-refractivity contribution in [3.8, 4) is 0 Å². The number of carbonyl (C=O) groups excluding carboxylic acids is 1. The molecular weight excluding hydrogens is 242 g/mol. The average molecular weight is 267 g/mol. The van der Waals surface area contributed by atoms with Gasteiger partial charge in [0.1, 0.15) is 0 Å². The van der Waals surface area contributed by atoms with Crippen molar-refractivity contribution in [2.75, 3.05) is 0 Å². The molecule has 4 nitrogen and oxygen atoms in total. The van der Waals surface area contributed by atoms with E-state index in [2.05, 4.69) is 5.32 Å². The Morgan fingerprint density at radius 1 is 1.05 bits per heavy atom. The van der Waals surface area contributed by atoms with Crippen LogP contribution in [0.3, 0.4) is 0 Å². The van der Waals surface area contributed by atoms with Crippen LogP contribution in [0, 0.1) is 11.8 Å². The summed E-state index contributed by atoms with van der Waals surface area (Å²) in [6.45, 7) is 0. The standard InChI is InChI=1S/C15H25NO3/c17-14(9-8-11-4-1-2-5-11)16-13-7-3-6-12(10-13)15(18)19/h11-13H,1-10H2,(H,16,17)(H,18,19). The minimum atomic E-state index is -0.718. The molecule has 1 amide bonds. The normalized spacial score (nSPS) is 28.2. The largest absolute Gasteiger partial charge is 0.481 e. The van der Waals surface area contributed by atoms with Crippen molar-refractivity contribution < 1.29 is 14.7 Å². The zero-order valence-corrected chi connectivity index (χ0v) is 11.6. The molecular formula is C15H25NO3. The first kappa shape index (κ1) is 14.4. The third-order valence-electron chi connectivity index (χ3n) is 4.64. The summed E-state index contributed by atoms with van der Waals surface area (Å²) in [5.41, 5.74) is 0. The molecule has 0 radical (unpaired) electrons. The van der Waals surface area contributed by atoms with Crippen molar-refractivity contribution in [1.29, 1.82) is 0 Å². The molecule has 0 spiro atoms. The maximum absolute atomic E-state index is 11.9. The Morgan fingerprint density at radius 3 is 2.47 bits per heavy atom. The third kappa shape index (κ3) is 4.51. The maximum atomic E-state index is 11.9. The monoisotopic (exact) mass is 267 g/mol. The maximum Gasteiger partial charge on any atom is 0.306 e. The average Bonchev–Trinajstić information content (AvgIpc) is 2.90. The van der Waals surface area contributed by atoms with Crippen molar-refractivity contribution >= 4 is 11.9 Å². The molecule has 108 valence electrons. The molecule has 0 aromatic rings. The van der Waals surface area contributed by atoms with Gasteiger partial charge in [0.2, 0.25) is 5.91 Å². The number of carbonyl (C=O) groups is 2. The van der Waals surface area contributed by atoms with Crippen LogP contribution in [0.1, 0.15) is 64.2 Å². The van der Waals surface area contributed by atoms with E-state index in [1.165, 1.54) is 25.7 Å². The number of amides is 1. The Labute approximate surface area is 115 Å². The second-order valence-corrected chi connectivity index (χ2v) is 6.16. The van der Waals surface area contributed by atoms with Crippen LogP contribution in [-0.4, -0.2) is 23.0 Å². The molecule has 2 N–H and O–H groups in total. The number of carboxylic acids is 1. The van der Waals surface area contributed by atoms with E-state index in [0.717, 1.165) is 31.6 Å². The van der Waals surface area contributed by atoms with Crippen LogP contribution in [0.25, 0.3) is 0 Å². The van der Waals surface area contributed by atoms with E-state index in [1.807, 2.05) is 0 Å². The molecule has 0 aromatic heterocycles. The second-order valence-electron chi connectivity index (χ2n) is 6.16. The van der Waals surface area contributed by atoms with Gasteiger partial charge in [0, 0.05) is 12.5 Å². The minimum Gasteiger partial charge on any atom is -0.481 e. The highest BCUT2D eigenvalue weighted by atomic mass is 16.4. The number of aliphatic carboxylic acids is 1. The molecule has 4 heteroatoms. The highest BCUT2D eigenvalue weighted by Gasteiger charge is 2.27. The van der Waals surface area contributed by atoms with Gasteiger partial charge < -0.3 is 10.4 Å². The van der Waals surface area contributed by atoms with Gasteiger partial charge >= 0.3 is 5.97 Å². The summed E-state index contributed by atoms with van der Waals surface area (Å²) in [4.78, 5) is 22.9. The zero-order valence-electron chi connectivity index (χ0n) is 11.6. The van der Waals surface area contributed by atoms with Crippen LogP contribution in [-0.2, 0) is 9.59 Å². The molecule has 2 rings (SSSR count). The number of carboxylic acid groups (broad SMARTS) is 1. The molecule has 2 atom stereocenters. The fourth-order valence-corrected chi connectivity index (χ4v) is 3.48. The van der Waals surface area contributed by atoms with Crippen molar-refractivity contribution in [3.63, 3.8) is 0 Å². The smallest absolute Gasteiger partial charge is 0.306 e. The van der Waals surface area contributed by atoms with Crippen LogP contribution in [0.15, 0.2) is 0 Å². The highest BCUT2D eigenvalue weighted by Crippen LogP contribution is 2.29. The molecule has 0 bridgehead atoms. The minimum absolute atomic E-state index is 0.0749. The summed E-state index contributed by atoms with van der Waals surface area (Å²) in [7, 11) is 0. The predicted octanol–water partition coefficient (Wildman–Crippen LogP) is 2.72. The lowest BCUT2D eigenvalue weighted by Crippen LogP contribution is -2.39. The van der Waals surface area contributed by atoms with Crippen molar-refractivity contribution in [3.05, 3.63) is 0 Å². The fraction of sp³-hybridized carbons (Fsp3) is 0.867. The van der Waals surface area contributed by atoms with E-state index < -0.39 is 5.97 Å². The van der Waals surface area contributed by atoms with Crippen LogP contribution in [0.4, 0.5) is 0 Å². The van der Waals surface area contributed by atoms with Gasteiger partial charge in [-0.2, -0.15) is 0 Å². The first-order chi connectivity index (χ1) is 9.15. The Morgan fingerprint density at radius 2 is 1.79 bits per heavy atom. The Hall–Kier alpha value is -1.06. The SMILES string of the molecule is O=C(CCC1CCCC1)NC1CCCC(C(=O)O)C1. The summed E-state index contributed by atoms with van der Waals surface area (Å²) < 4.78 is 0. The zero-order chi connectivity index (χ0) is 13.7.